The number of carbonyl (C=O) groups excluding carboxylic acids is 3. The molecule has 2 heterocycles. The number of carbonyl (C=O) groups is 3. The quantitative estimate of drug-likeness (QED) is 0.0195. The molecule has 5 aromatic rings. The van der Waals surface area contributed by atoms with Crippen LogP contribution in [0.15, 0.2) is 126 Å². The van der Waals surface area contributed by atoms with Crippen molar-refractivity contribution in [3.8, 4) is 11.5 Å². The molecule has 1 aromatic heterocycles. The number of anilines is 1. The zero-order valence-corrected chi connectivity index (χ0v) is 46.8. The summed E-state index contributed by atoms with van der Waals surface area (Å²) in [5.74, 6) is 0.0768. The fraction of sp³-hybridized carbons (Fsp3) is 0.446. The van der Waals surface area contributed by atoms with Crippen molar-refractivity contribution in [2.24, 2.45) is 11.3 Å². The second-order valence-electron chi connectivity index (χ2n) is 20.5. The number of hydrogen-bond acceptors (Lipinski definition) is 16. The Labute approximate surface area is 449 Å². The highest BCUT2D eigenvalue weighted by molar-refractivity contribution is 8.13. The molecule has 1 saturated heterocycles. The van der Waals surface area contributed by atoms with Crippen molar-refractivity contribution in [3.63, 3.8) is 0 Å². The largest absolute Gasteiger partial charge is 0.497 e. The molecule has 1 aliphatic heterocycles. The van der Waals surface area contributed by atoms with Crippen LogP contribution in [0.2, 0.25) is 0 Å². The second-order valence-corrected chi connectivity index (χ2v) is 23.4. The molecule has 0 bridgehead atoms. The molecule has 410 valence electrons. The molecule has 18 nitrogen and oxygen atoms in total. The van der Waals surface area contributed by atoms with Gasteiger partial charge in [-0.1, -0.05) is 131 Å². The van der Waals surface area contributed by atoms with Gasteiger partial charge in [0.2, 0.25) is 0 Å². The number of nitrogens with zero attached hydrogens (tertiary/aromatic N) is 2. The second kappa shape index (κ2) is 25.4. The SMILES string of the molecule is CCC(C)(C)C(=O)SCCOP(=O)(NCc1ccccc1)OCC1O[C@@H](n2ccc(NC(c3ccccc3)(c3ccc(OC)cc3)c3ccc(OC)cc3)nc2=O)[C@](C)(O)C1OC(=O)C(NC(=O)OC(C)(C)C)C(C)C. The minimum absolute atomic E-state index is 0.0493. The molecule has 6 rings (SSSR count). The Bertz CT molecular complexity index is 2780. The maximum Gasteiger partial charge on any atom is 0.408 e. The van der Waals surface area contributed by atoms with Crippen molar-refractivity contribution in [2.45, 2.75) is 116 Å². The van der Waals surface area contributed by atoms with Gasteiger partial charge in [0.15, 0.2) is 17.4 Å². The number of esters is 1. The van der Waals surface area contributed by atoms with Crippen LogP contribution in [0.1, 0.15) is 97.2 Å². The van der Waals surface area contributed by atoms with Gasteiger partial charge in [0.05, 0.1) is 27.4 Å². The van der Waals surface area contributed by atoms with E-state index in [2.05, 4.69) is 20.7 Å². The molecular weight excluding hydrogens is 1010 g/mol. The van der Waals surface area contributed by atoms with Crippen LogP contribution >= 0.6 is 19.5 Å². The highest BCUT2D eigenvalue weighted by Gasteiger charge is 2.57. The number of aliphatic hydroxyl groups is 1. The summed E-state index contributed by atoms with van der Waals surface area (Å²) in [5.41, 5.74) is -2.60. The van der Waals surface area contributed by atoms with Gasteiger partial charge in [0.1, 0.15) is 46.2 Å². The van der Waals surface area contributed by atoms with Crippen LogP contribution in [0.5, 0.6) is 11.5 Å². The van der Waals surface area contributed by atoms with E-state index >= 15 is 0 Å². The summed E-state index contributed by atoms with van der Waals surface area (Å²) in [7, 11) is -1.12. The molecule has 0 radical (unpaired) electrons. The molecule has 1 fully saturated rings. The molecule has 1 aliphatic rings. The third kappa shape index (κ3) is 14.7. The van der Waals surface area contributed by atoms with Crippen LogP contribution in [0.3, 0.4) is 0 Å². The predicted molar refractivity (Wildman–Crippen MR) is 291 cm³/mol. The summed E-state index contributed by atoms with van der Waals surface area (Å²) in [4.78, 5) is 59.2. The standard InChI is InChI=1S/C56H72N5O13PS/c1-12-54(7,8)50(63)76-34-33-70-75(67,57-35-38-19-15-13-16-20-38)71-36-44-47(73-48(62)46(37(2)3)59-52(65)74-53(4,5)6)55(9,66)49(72-44)61-32-31-45(58-51(61)64)60-56(39-21-17-14-18-22-39,40-23-27-42(68-10)28-24-40)41-25-29-43(69-11)30-26-41/h13-32,37,44,46-47,49,66H,12,33-36H2,1-11H3,(H,57,67)(H,59,65)(H,58,60,64)/t44?,46?,47?,49-,55-,75?/m1/s1. The monoisotopic (exact) mass is 1090 g/mol. The van der Waals surface area contributed by atoms with Crippen LogP contribution in [-0.2, 0) is 49.5 Å². The van der Waals surface area contributed by atoms with E-state index in [1.807, 2.05) is 130 Å². The number of thioether (sulfide) groups is 1. The molecule has 6 atom stereocenters. The van der Waals surface area contributed by atoms with E-state index in [1.165, 1.54) is 13.1 Å². The van der Waals surface area contributed by atoms with Crippen LogP contribution in [0.25, 0.3) is 0 Å². The first-order chi connectivity index (χ1) is 35.9. The number of aromatic nitrogens is 2. The van der Waals surface area contributed by atoms with E-state index in [1.54, 1.807) is 54.9 Å². The Hall–Kier alpha value is -6.05. The van der Waals surface area contributed by atoms with Crippen LogP contribution in [-0.4, -0.2) is 94.5 Å². The predicted octanol–water partition coefficient (Wildman–Crippen LogP) is 9.40. The topological polar surface area (TPSA) is 224 Å². The molecule has 0 saturated carbocycles. The lowest BCUT2D eigenvalue weighted by Gasteiger charge is -2.37. The normalized spacial score (nSPS) is 19.0. The zero-order chi connectivity index (χ0) is 55.5. The van der Waals surface area contributed by atoms with Crippen molar-refractivity contribution in [1.29, 1.82) is 0 Å². The molecule has 76 heavy (non-hydrogen) atoms. The number of alkyl carbamates (subject to hydrolysis) is 1. The number of hydrogen-bond donors (Lipinski definition) is 4. The van der Waals surface area contributed by atoms with Crippen molar-refractivity contribution < 1.29 is 56.8 Å². The molecule has 0 aliphatic carbocycles. The lowest BCUT2D eigenvalue weighted by molar-refractivity contribution is -0.167. The Morgan fingerprint density at radius 2 is 1.41 bits per heavy atom. The Morgan fingerprint density at radius 3 is 1.93 bits per heavy atom. The lowest BCUT2D eigenvalue weighted by Crippen LogP contribution is -2.53. The van der Waals surface area contributed by atoms with E-state index in [0.29, 0.717) is 17.9 Å². The summed E-state index contributed by atoms with van der Waals surface area (Å²) >= 11 is 1.05. The average molecular weight is 1090 g/mol. The first-order valence-corrected chi connectivity index (χ1v) is 27.6. The molecule has 20 heteroatoms. The third-order valence-corrected chi connectivity index (χ3v) is 15.7. The van der Waals surface area contributed by atoms with E-state index in [9.17, 15) is 28.8 Å². The van der Waals surface area contributed by atoms with Gasteiger partial charge >= 0.3 is 25.5 Å². The van der Waals surface area contributed by atoms with Gasteiger partial charge in [0.25, 0.3) is 0 Å². The van der Waals surface area contributed by atoms with Gasteiger partial charge in [-0.05, 0) is 92.6 Å². The Kier molecular flexibility index (Phi) is 19.8. The first-order valence-electron chi connectivity index (χ1n) is 25.1. The summed E-state index contributed by atoms with van der Waals surface area (Å²) in [6.45, 7) is 14.6. The maximum atomic E-state index is 14.7. The summed E-state index contributed by atoms with van der Waals surface area (Å²) in [6.07, 6.45) is -3.49. The molecule has 4 unspecified atom stereocenters. The number of amides is 1. The van der Waals surface area contributed by atoms with Gasteiger partial charge < -0.3 is 39.4 Å². The summed E-state index contributed by atoms with van der Waals surface area (Å²) in [6, 6.07) is 34.0. The molecule has 1 amide bonds. The van der Waals surface area contributed by atoms with E-state index in [0.717, 1.165) is 38.6 Å². The summed E-state index contributed by atoms with van der Waals surface area (Å²) in [5, 5.41) is 21.6. The summed E-state index contributed by atoms with van der Waals surface area (Å²) < 4.78 is 56.7. The number of methoxy groups -OCH3 is 2. The molecule has 4 N–H and O–H groups in total. The maximum absolute atomic E-state index is 14.7. The minimum Gasteiger partial charge on any atom is -0.497 e. The minimum atomic E-state index is -4.29. The van der Waals surface area contributed by atoms with Crippen molar-refractivity contribution >= 4 is 42.5 Å². The average Bonchev–Trinajstić information content (AvgIpc) is 3.64. The first kappa shape index (κ1) is 59.2. The highest BCUT2D eigenvalue weighted by Crippen LogP contribution is 2.48. The van der Waals surface area contributed by atoms with Gasteiger partial charge in [0, 0.05) is 23.9 Å². The van der Waals surface area contributed by atoms with E-state index in [4.69, 9.17) is 32.7 Å². The van der Waals surface area contributed by atoms with E-state index < -0.39 is 84.7 Å². The lowest BCUT2D eigenvalue weighted by atomic mass is 9.77. The number of rotatable bonds is 24. The van der Waals surface area contributed by atoms with Crippen LogP contribution < -0.4 is 30.9 Å². The van der Waals surface area contributed by atoms with Crippen LogP contribution in [0.4, 0.5) is 10.6 Å². The van der Waals surface area contributed by atoms with Crippen molar-refractivity contribution in [3.05, 3.63) is 154 Å². The van der Waals surface area contributed by atoms with Crippen LogP contribution in [0, 0.1) is 11.3 Å². The zero-order valence-electron chi connectivity index (χ0n) is 45.1. The smallest absolute Gasteiger partial charge is 0.408 e. The molecule has 4 aromatic carbocycles. The van der Waals surface area contributed by atoms with Crippen molar-refractivity contribution in [2.75, 3.05) is 38.5 Å². The number of nitrogens with one attached hydrogen (secondary N) is 3. The van der Waals surface area contributed by atoms with Gasteiger partial charge in [-0.15, -0.1) is 0 Å². The van der Waals surface area contributed by atoms with Gasteiger partial charge in [-0.25, -0.2) is 24.0 Å². The van der Waals surface area contributed by atoms with Gasteiger partial charge in [-0.2, -0.15) is 4.98 Å². The van der Waals surface area contributed by atoms with Gasteiger partial charge in [-0.3, -0.25) is 18.4 Å². The molecular formula is C56H72N5O13PS. The Balaban J connectivity index is 1.37. The van der Waals surface area contributed by atoms with E-state index in [-0.39, 0.29) is 29.8 Å². The number of ether oxygens (including phenoxy) is 5. The molecule has 0 spiro atoms. The fourth-order valence-corrected chi connectivity index (χ4v) is 10.7. The Morgan fingerprint density at radius 1 is 0.842 bits per heavy atom. The third-order valence-electron chi connectivity index (χ3n) is 12.9. The number of benzene rings is 4. The van der Waals surface area contributed by atoms with Crippen molar-refractivity contribution in [1.82, 2.24) is 20.0 Å². The highest BCUT2D eigenvalue weighted by atomic mass is 32.2. The fourth-order valence-electron chi connectivity index (χ4n) is 8.35.